The second kappa shape index (κ2) is 11.4. The summed E-state index contributed by atoms with van der Waals surface area (Å²) in [5.74, 6) is -2.16. The maximum absolute atomic E-state index is 12.2. The number of rotatable bonds is 12. The molecule has 0 bridgehead atoms. The van der Waals surface area contributed by atoms with Crippen LogP contribution in [0.4, 0.5) is 5.69 Å². The summed E-state index contributed by atoms with van der Waals surface area (Å²) in [6, 6.07) is 3.01. The van der Waals surface area contributed by atoms with E-state index < -0.39 is 28.9 Å². The Hall–Kier alpha value is -3.80. The van der Waals surface area contributed by atoms with E-state index in [2.05, 4.69) is 20.6 Å². The minimum atomic E-state index is -1.19. The fraction of sp³-hybridized carbons (Fsp3) is 0.368. The molecule has 0 spiro atoms. The number of unbranched alkanes of at least 4 members (excludes halogenated alkanes) is 1. The highest BCUT2D eigenvalue weighted by molar-refractivity contribution is 5.96. The molecule has 2 amide bonds. The third-order valence-electron chi connectivity index (χ3n) is 4.49. The fourth-order valence-corrected chi connectivity index (χ4v) is 2.78. The van der Waals surface area contributed by atoms with Crippen LogP contribution in [0.1, 0.15) is 35.3 Å². The fourth-order valence-electron chi connectivity index (χ4n) is 2.78. The van der Waals surface area contributed by atoms with Crippen molar-refractivity contribution in [3.8, 4) is 0 Å². The van der Waals surface area contributed by atoms with E-state index in [1.165, 1.54) is 30.6 Å². The number of benzene rings is 1. The normalized spacial score (nSPS) is 12.5. The van der Waals surface area contributed by atoms with Crippen molar-refractivity contribution in [2.75, 3.05) is 6.54 Å². The van der Waals surface area contributed by atoms with Crippen molar-refractivity contribution in [3.05, 3.63) is 58.2 Å². The largest absolute Gasteiger partial charge is 0.480 e. The summed E-state index contributed by atoms with van der Waals surface area (Å²) in [4.78, 5) is 52.4. The molecule has 166 valence electrons. The number of hydrogen-bond donors (Lipinski definition) is 5. The number of carbonyl (C=O) groups excluding carboxylic acids is 2. The lowest BCUT2D eigenvalue weighted by atomic mass is 10.1. The van der Waals surface area contributed by atoms with Gasteiger partial charge in [0, 0.05) is 42.6 Å². The van der Waals surface area contributed by atoms with Crippen LogP contribution in [0.2, 0.25) is 0 Å². The lowest BCUT2D eigenvalue weighted by Crippen LogP contribution is -2.42. The average molecular weight is 432 g/mol. The molecule has 0 saturated carbocycles. The maximum atomic E-state index is 12.2. The first-order valence-electron chi connectivity index (χ1n) is 9.56. The molecule has 31 heavy (non-hydrogen) atoms. The summed E-state index contributed by atoms with van der Waals surface area (Å²) in [6.07, 6.45) is 4.50. The van der Waals surface area contributed by atoms with Crippen LogP contribution in [-0.2, 0) is 16.0 Å². The van der Waals surface area contributed by atoms with Gasteiger partial charge in [-0.15, -0.1) is 0 Å². The van der Waals surface area contributed by atoms with E-state index >= 15 is 0 Å². The molecule has 2 aromatic rings. The molecule has 0 aliphatic heterocycles. The Bertz CT molecular complexity index is 899. The predicted molar refractivity (Wildman–Crippen MR) is 109 cm³/mol. The molecule has 12 heteroatoms. The Balaban J connectivity index is 1.73. The van der Waals surface area contributed by atoms with Gasteiger partial charge in [-0.1, -0.05) is 0 Å². The highest BCUT2D eigenvalue weighted by atomic mass is 16.6. The van der Waals surface area contributed by atoms with Crippen molar-refractivity contribution in [1.29, 1.82) is 0 Å². The number of nitrogens with zero attached hydrogens (tertiary/aromatic N) is 2. The number of amides is 2. The molecule has 0 radical (unpaired) electrons. The molecule has 1 aromatic carbocycles. The van der Waals surface area contributed by atoms with Crippen molar-refractivity contribution < 1.29 is 24.4 Å². The van der Waals surface area contributed by atoms with Crippen LogP contribution in [0.5, 0.6) is 0 Å². The Labute approximate surface area is 177 Å². The second-order valence-electron chi connectivity index (χ2n) is 6.84. The second-order valence-corrected chi connectivity index (χ2v) is 6.84. The summed E-state index contributed by atoms with van der Waals surface area (Å²) < 4.78 is 0. The third-order valence-corrected chi connectivity index (χ3v) is 4.49. The van der Waals surface area contributed by atoms with E-state index in [0.29, 0.717) is 25.8 Å². The van der Waals surface area contributed by atoms with Gasteiger partial charge in [0.25, 0.3) is 11.6 Å². The lowest BCUT2D eigenvalue weighted by molar-refractivity contribution is -0.384. The van der Waals surface area contributed by atoms with Gasteiger partial charge < -0.3 is 26.5 Å². The van der Waals surface area contributed by atoms with E-state index in [1.807, 2.05) is 0 Å². The zero-order valence-electron chi connectivity index (χ0n) is 16.6. The van der Waals surface area contributed by atoms with Crippen molar-refractivity contribution in [1.82, 2.24) is 20.6 Å². The lowest BCUT2D eigenvalue weighted by Gasteiger charge is -2.15. The van der Waals surface area contributed by atoms with Gasteiger partial charge in [0.2, 0.25) is 5.91 Å². The van der Waals surface area contributed by atoms with E-state index in [0.717, 1.165) is 5.69 Å². The minimum absolute atomic E-state index is 0.121. The minimum Gasteiger partial charge on any atom is -0.480 e. The van der Waals surface area contributed by atoms with Crippen molar-refractivity contribution in [2.24, 2.45) is 5.73 Å². The van der Waals surface area contributed by atoms with Gasteiger partial charge in [0.05, 0.1) is 17.3 Å². The quantitative estimate of drug-likeness (QED) is 0.180. The number of imidazole rings is 1. The van der Waals surface area contributed by atoms with Crippen molar-refractivity contribution >= 4 is 23.5 Å². The molecule has 12 nitrogen and oxygen atoms in total. The van der Waals surface area contributed by atoms with Gasteiger partial charge in [-0.2, -0.15) is 0 Å². The summed E-state index contributed by atoms with van der Waals surface area (Å²) in [7, 11) is 0. The van der Waals surface area contributed by atoms with E-state index in [9.17, 15) is 29.6 Å². The van der Waals surface area contributed by atoms with Gasteiger partial charge in [0.1, 0.15) is 6.04 Å². The molecule has 6 N–H and O–H groups in total. The number of H-pyrrole nitrogens is 1. The molecular formula is C19H24N6O6. The first-order valence-corrected chi connectivity index (χ1v) is 9.56. The van der Waals surface area contributed by atoms with Gasteiger partial charge in [-0.05, 0) is 31.4 Å². The monoisotopic (exact) mass is 432 g/mol. The van der Waals surface area contributed by atoms with E-state index in [1.54, 1.807) is 6.20 Å². The van der Waals surface area contributed by atoms with Crippen LogP contribution in [0, 0.1) is 10.1 Å². The Morgan fingerprint density at radius 3 is 2.52 bits per heavy atom. The molecule has 0 unspecified atom stereocenters. The van der Waals surface area contributed by atoms with E-state index in [4.69, 9.17) is 5.73 Å². The average Bonchev–Trinajstić information content (AvgIpc) is 3.25. The molecule has 0 aliphatic carbocycles. The number of nitrogens with two attached hydrogens (primary N) is 1. The molecule has 1 heterocycles. The van der Waals surface area contributed by atoms with Crippen LogP contribution in [0.15, 0.2) is 36.8 Å². The maximum Gasteiger partial charge on any atom is 0.326 e. The highest BCUT2D eigenvalue weighted by Crippen LogP contribution is 2.12. The van der Waals surface area contributed by atoms with Crippen LogP contribution in [0.25, 0.3) is 0 Å². The molecule has 2 atom stereocenters. The zero-order chi connectivity index (χ0) is 22.8. The number of aromatic nitrogens is 2. The number of aromatic amines is 1. The topological polar surface area (TPSA) is 193 Å². The number of hydrogen-bond acceptors (Lipinski definition) is 7. The molecule has 1 aromatic heterocycles. The summed E-state index contributed by atoms with van der Waals surface area (Å²) in [5.41, 5.74) is 6.52. The molecule has 2 rings (SSSR count). The summed E-state index contributed by atoms with van der Waals surface area (Å²) >= 11 is 0. The van der Waals surface area contributed by atoms with Crippen LogP contribution < -0.4 is 16.4 Å². The first kappa shape index (κ1) is 23.5. The number of carbonyl (C=O) groups is 3. The van der Waals surface area contributed by atoms with Crippen LogP contribution in [0.3, 0.4) is 0 Å². The Morgan fingerprint density at radius 2 is 1.94 bits per heavy atom. The molecule has 0 aliphatic rings. The zero-order valence-corrected chi connectivity index (χ0v) is 16.6. The summed E-state index contributed by atoms with van der Waals surface area (Å²) in [5, 5.41) is 25.1. The highest BCUT2D eigenvalue weighted by Gasteiger charge is 2.21. The Kier molecular flexibility index (Phi) is 8.64. The number of nitrogens with one attached hydrogen (secondary N) is 3. The van der Waals surface area contributed by atoms with Crippen LogP contribution >= 0.6 is 0 Å². The van der Waals surface area contributed by atoms with Gasteiger partial charge in [0.15, 0.2) is 0 Å². The standard InChI is InChI=1S/C19H24N6O6/c20-15(9-13-10-21-11-23-13)18(27)22-8-2-1-3-16(19(28)29)24-17(26)12-4-6-14(7-5-12)25(30)31/h4-7,10-11,15-16H,1-3,8-9,20H2,(H,21,23)(H,22,27)(H,24,26)(H,28,29)/t15-,16-/m0/s1. The third kappa shape index (κ3) is 7.51. The number of carboxylic acid groups (broad SMARTS) is 1. The number of carboxylic acids is 1. The summed E-state index contributed by atoms with van der Waals surface area (Å²) in [6.45, 7) is 0.318. The van der Waals surface area contributed by atoms with Crippen LogP contribution in [-0.4, -0.2) is 56.4 Å². The van der Waals surface area contributed by atoms with Gasteiger partial charge in [-0.25, -0.2) is 9.78 Å². The Morgan fingerprint density at radius 1 is 1.23 bits per heavy atom. The van der Waals surface area contributed by atoms with E-state index in [-0.39, 0.29) is 23.6 Å². The number of non-ortho nitro benzene ring substituents is 1. The van der Waals surface area contributed by atoms with Gasteiger partial charge in [-0.3, -0.25) is 19.7 Å². The predicted octanol–water partition coefficient (Wildman–Crippen LogP) is 0.357. The van der Waals surface area contributed by atoms with Crippen molar-refractivity contribution in [2.45, 2.75) is 37.8 Å². The van der Waals surface area contributed by atoms with Gasteiger partial charge >= 0.3 is 5.97 Å². The SMILES string of the molecule is N[C@@H](Cc1cnc[nH]1)C(=O)NCCCC[C@H](NC(=O)c1ccc([N+](=O)[O-])cc1)C(=O)O. The number of nitro benzene ring substituents is 1. The number of aliphatic carboxylic acids is 1. The smallest absolute Gasteiger partial charge is 0.326 e. The number of nitro groups is 1. The molecular weight excluding hydrogens is 408 g/mol. The molecule has 0 fully saturated rings. The molecule has 0 saturated heterocycles. The van der Waals surface area contributed by atoms with Crippen molar-refractivity contribution in [3.63, 3.8) is 0 Å². The first-order chi connectivity index (χ1) is 14.8.